The van der Waals surface area contributed by atoms with Crippen LogP contribution in [0, 0.1) is 0 Å². The molecular formula is C28H34O2. The molecule has 0 aliphatic rings. The lowest BCUT2D eigenvalue weighted by Gasteiger charge is -2.19. The van der Waals surface area contributed by atoms with E-state index in [9.17, 15) is 0 Å². The molecule has 3 rings (SSSR count). The lowest BCUT2D eigenvalue weighted by molar-refractivity contribution is 0.177. The molecule has 0 fully saturated rings. The summed E-state index contributed by atoms with van der Waals surface area (Å²) < 4.78 is 12.4. The highest BCUT2D eigenvalue weighted by Crippen LogP contribution is 2.32. The van der Waals surface area contributed by atoms with E-state index in [1.54, 1.807) is 0 Å². The van der Waals surface area contributed by atoms with Gasteiger partial charge >= 0.3 is 0 Å². The monoisotopic (exact) mass is 402 g/mol. The zero-order valence-corrected chi connectivity index (χ0v) is 18.8. The Morgan fingerprint density at radius 3 is 2.23 bits per heavy atom. The van der Waals surface area contributed by atoms with Crippen molar-refractivity contribution in [3.05, 3.63) is 83.4 Å². The molecule has 0 amide bonds. The van der Waals surface area contributed by atoms with E-state index in [1.807, 2.05) is 6.07 Å². The number of aryl methyl sites for hydroxylation is 3. The van der Waals surface area contributed by atoms with Crippen LogP contribution in [-0.4, -0.2) is 12.7 Å². The number of rotatable bonds is 10. The van der Waals surface area contributed by atoms with E-state index >= 15 is 0 Å². The summed E-state index contributed by atoms with van der Waals surface area (Å²) in [6.07, 6.45) is 4.02. The van der Waals surface area contributed by atoms with Gasteiger partial charge in [-0.3, -0.25) is 0 Å². The van der Waals surface area contributed by atoms with Crippen molar-refractivity contribution in [1.29, 1.82) is 0 Å². The molecule has 0 N–H and O–H groups in total. The highest BCUT2D eigenvalue weighted by Gasteiger charge is 2.12. The van der Waals surface area contributed by atoms with Crippen LogP contribution >= 0.6 is 0 Å². The third-order valence-corrected chi connectivity index (χ3v) is 5.60. The highest BCUT2D eigenvalue weighted by atomic mass is 16.5. The summed E-state index contributed by atoms with van der Waals surface area (Å²) in [4.78, 5) is 0. The average molecular weight is 403 g/mol. The molecule has 2 heteroatoms. The van der Waals surface area contributed by atoms with Gasteiger partial charge in [-0.2, -0.15) is 0 Å². The number of benzene rings is 3. The van der Waals surface area contributed by atoms with Gasteiger partial charge in [0, 0.05) is 12.0 Å². The van der Waals surface area contributed by atoms with Gasteiger partial charge in [0.05, 0.1) is 12.7 Å². The van der Waals surface area contributed by atoms with E-state index in [-0.39, 0.29) is 6.10 Å². The van der Waals surface area contributed by atoms with E-state index < -0.39 is 0 Å². The summed E-state index contributed by atoms with van der Waals surface area (Å²) in [5, 5.41) is 0. The predicted molar refractivity (Wildman–Crippen MR) is 127 cm³/mol. The smallest absolute Gasteiger partial charge is 0.127 e. The molecule has 158 valence electrons. The largest absolute Gasteiger partial charge is 0.493 e. The summed E-state index contributed by atoms with van der Waals surface area (Å²) in [5.74, 6) is 1.89. The van der Waals surface area contributed by atoms with Crippen LogP contribution in [0.5, 0.6) is 11.5 Å². The van der Waals surface area contributed by atoms with Crippen LogP contribution in [0.4, 0.5) is 0 Å². The molecule has 0 saturated carbocycles. The maximum Gasteiger partial charge on any atom is 0.127 e. The second-order valence-electron chi connectivity index (χ2n) is 7.75. The van der Waals surface area contributed by atoms with E-state index in [2.05, 4.69) is 88.4 Å². The average Bonchev–Trinajstić information content (AvgIpc) is 2.79. The molecule has 0 saturated heterocycles. The third kappa shape index (κ3) is 5.66. The zero-order chi connectivity index (χ0) is 21.3. The molecule has 2 nitrogen and oxygen atoms in total. The van der Waals surface area contributed by atoms with Crippen LogP contribution in [0.2, 0.25) is 0 Å². The molecule has 0 aliphatic heterocycles. The van der Waals surface area contributed by atoms with Gasteiger partial charge in [0.25, 0.3) is 0 Å². The summed E-state index contributed by atoms with van der Waals surface area (Å²) in [5.41, 5.74) is 6.45. The summed E-state index contributed by atoms with van der Waals surface area (Å²) in [6, 6.07) is 23.4. The van der Waals surface area contributed by atoms with Gasteiger partial charge < -0.3 is 9.47 Å². The predicted octanol–water partition coefficient (Wildman–Crippen LogP) is 7.28. The number of hydrogen-bond donors (Lipinski definition) is 0. The Morgan fingerprint density at radius 1 is 0.767 bits per heavy atom. The number of hydrogen-bond acceptors (Lipinski definition) is 2. The normalized spacial score (nSPS) is 11.9. The number of ether oxygens (including phenoxy) is 2. The zero-order valence-electron chi connectivity index (χ0n) is 18.8. The first-order valence-electron chi connectivity index (χ1n) is 11.2. The van der Waals surface area contributed by atoms with E-state index in [4.69, 9.17) is 9.47 Å². The van der Waals surface area contributed by atoms with Crippen LogP contribution < -0.4 is 9.47 Å². The molecule has 3 aromatic rings. The van der Waals surface area contributed by atoms with Crippen LogP contribution in [0.15, 0.2) is 66.7 Å². The molecule has 0 radical (unpaired) electrons. The standard InChI is InChI=1S/C28H34O2/c1-5-22-13-16-28(27(19-22)25-11-9-8-10-12-25)30-21(4)17-18-29-26-15-14-23(6-2)24(7-3)20-26/h8-16,19-21H,5-7,17-18H2,1-4H3/t21-/m1/s1. The molecule has 3 aromatic carbocycles. The summed E-state index contributed by atoms with van der Waals surface area (Å²) >= 11 is 0. The van der Waals surface area contributed by atoms with E-state index in [0.29, 0.717) is 6.61 Å². The Bertz CT molecular complexity index is 931. The maximum absolute atomic E-state index is 6.34. The quantitative estimate of drug-likeness (QED) is 0.355. The molecule has 0 bridgehead atoms. The van der Waals surface area contributed by atoms with Crippen molar-refractivity contribution >= 4 is 0 Å². The molecule has 0 unspecified atom stereocenters. The Morgan fingerprint density at radius 2 is 1.53 bits per heavy atom. The highest BCUT2D eigenvalue weighted by molar-refractivity contribution is 5.71. The molecule has 0 spiro atoms. The van der Waals surface area contributed by atoms with Gasteiger partial charge in [0.15, 0.2) is 0 Å². The van der Waals surface area contributed by atoms with Crippen LogP contribution in [0.1, 0.15) is 50.8 Å². The van der Waals surface area contributed by atoms with Gasteiger partial charge in [0.2, 0.25) is 0 Å². The molecule has 30 heavy (non-hydrogen) atoms. The van der Waals surface area contributed by atoms with Crippen LogP contribution in [-0.2, 0) is 19.3 Å². The fourth-order valence-corrected chi connectivity index (χ4v) is 3.73. The molecule has 0 heterocycles. The molecule has 1 atom stereocenters. The van der Waals surface area contributed by atoms with Crippen molar-refractivity contribution in [2.75, 3.05) is 6.61 Å². The van der Waals surface area contributed by atoms with Crippen molar-refractivity contribution in [2.24, 2.45) is 0 Å². The molecule has 0 aliphatic carbocycles. The van der Waals surface area contributed by atoms with Crippen molar-refractivity contribution in [1.82, 2.24) is 0 Å². The van der Waals surface area contributed by atoms with Gasteiger partial charge in [0.1, 0.15) is 11.5 Å². The van der Waals surface area contributed by atoms with Crippen molar-refractivity contribution < 1.29 is 9.47 Å². The van der Waals surface area contributed by atoms with Crippen LogP contribution in [0.25, 0.3) is 11.1 Å². The van der Waals surface area contributed by atoms with Gasteiger partial charge in [-0.05, 0) is 72.7 Å². The Labute approximate surface area is 181 Å². The van der Waals surface area contributed by atoms with Crippen LogP contribution in [0.3, 0.4) is 0 Å². The Balaban J connectivity index is 1.63. The topological polar surface area (TPSA) is 18.5 Å². The van der Waals surface area contributed by atoms with Gasteiger partial charge in [-0.1, -0.05) is 63.2 Å². The summed E-state index contributed by atoms with van der Waals surface area (Å²) in [7, 11) is 0. The first kappa shape index (κ1) is 22.0. The fourth-order valence-electron chi connectivity index (χ4n) is 3.73. The lowest BCUT2D eigenvalue weighted by Crippen LogP contribution is -2.16. The van der Waals surface area contributed by atoms with Crippen molar-refractivity contribution in [3.63, 3.8) is 0 Å². The minimum absolute atomic E-state index is 0.0699. The van der Waals surface area contributed by atoms with Crippen molar-refractivity contribution in [2.45, 2.75) is 59.5 Å². The van der Waals surface area contributed by atoms with E-state index in [0.717, 1.165) is 42.7 Å². The maximum atomic E-state index is 6.34. The molecule has 0 aromatic heterocycles. The molecular weight excluding hydrogens is 368 g/mol. The lowest BCUT2D eigenvalue weighted by atomic mass is 10.0. The first-order valence-corrected chi connectivity index (χ1v) is 11.2. The Hall–Kier alpha value is -2.74. The minimum atomic E-state index is 0.0699. The third-order valence-electron chi connectivity index (χ3n) is 5.60. The van der Waals surface area contributed by atoms with Gasteiger partial charge in [-0.15, -0.1) is 0 Å². The summed E-state index contributed by atoms with van der Waals surface area (Å²) in [6.45, 7) is 9.34. The SMILES string of the molecule is CCc1ccc(O[C@H](C)CCOc2ccc(CC)c(CC)c2)c(-c2ccccc2)c1. The first-order chi connectivity index (χ1) is 14.6. The second kappa shape index (κ2) is 10.9. The van der Waals surface area contributed by atoms with Crippen molar-refractivity contribution in [3.8, 4) is 22.6 Å². The fraction of sp³-hybridized carbons (Fsp3) is 0.357. The van der Waals surface area contributed by atoms with Gasteiger partial charge in [-0.25, -0.2) is 0 Å². The minimum Gasteiger partial charge on any atom is -0.493 e. The van der Waals surface area contributed by atoms with E-state index in [1.165, 1.54) is 22.3 Å². The second-order valence-corrected chi connectivity index (χ2v) is 7.75. The Kier molecular flexibility index (Phi) is 7.96.